The third kappa shape index (κ3) is 6.91. The second kappa shape index (κ2) is 10.2. The van der Waals surface area contributed by atoms with Crippen molar-refractivity contribution in [1.82, 2.24) is 5.32 Å². The number of hydrogen-bond acceptors (Lipinski definition) is 2. The lowest BCUT2D eigenvalue weighted by Gasteiger charge is -1.92. The van der Waals surface area contributed by atoms with Crippen LogP contribution in [0.4, 0.5) is 0 Å². The number of allylic oxidation sites excluding steroid dienone is 2. The number of nitrogens with zero attached hydrogens (tertiary/aromatic N) is 1. The van der Waals surface area contributed by atoms with Crippen LogP contribution in [-0.2, 0) is 0 Å². The van der Waals surface area contributed by atoms with E-state index in [9.17, 15) is 0 Å². The highest BCUT2D eigenvalue weighted by Crippen LogP contribution is 2.06. The molecule has 0 aliphatic heterocycles. The molecule has 0 aliphatic carbocycles. The molecular formula is C19H20N2. The van der Waals surface area contributed by atoms with Crippen molar-refractivity contribution < 1.29 is 0 Å². The summed E-state index contributed by atoms with van der Waals surface area (Å²) in [6.45, 7) is 0. The molecule has 0 bridgehead atoms. The highest BCUT2D eigenvalue weighted by atomic mass is 14.7. The minimum atomic E-state index is 0.687. The van der Waals surface area contributed by atoms with Gasteiger partial charge in [0.1, 0.15) is 0 Å². The molecule has 0 radical (unpaired) electrons. The number of rotatable bonds is 3. The fraction of sp³-hybridized carbons (Fsp3) is 0.105. The van der Waals surface area contributed by atoms with Crippen molar-refractivity contribution in [3.63, 3.8) is 0 Å². The first-order valence-corrected chi connectivity index (χ1v) is 6.78. The van der Waals surface area contributed by atoms with E-state index in [2.05, 4.69) is 29.6 Å². The van der Waals surface area contributed by atoms with E-state index in [1.54, 1.807) is 0 Å². The van der Waals surface area contributed by atoms with E-state index in [1.807, 2.05) is 74.8 Å². The molecule has 2 aromatic rings. The van der Waals surface area contributed by atoms with Gasteiger partial charge in [0.05, 0.1) is 11.6 Å². The van der Waals surface area contributed by atoms with Crippen LogP contribution >= 0.6 is 0 Å². The van der Waals surface area contributed by atoms with Crippen LogP contribution in [0.5, 0.6) is 0 Å². The highest BCUT2D eigenvalue weighted by molar-refractivity contribution is 5.57. The molecule has 0 amide bonds. The lowest BCUT2D eigenvalue weighted by atomic mass is 10.1. The summed E-state index contributed by atoms with van der Waals surface area (Å²) in [7, 11) is 3.75. The van der Waals surface area contributed by atoms with E-state index < -0.39 is 0 Å². The molecule has 2 nitrogen and oxygen atoms in total. The first-order valence-electron chi connectivity index (χ1n) is 6.78. The normalized spacial score (nSPS) is 10.1. The topological polar surface area (TPSA) is 35.8 Å². The largest absolute Gasteiger partial charge is 0.323 e. The lowest BCUT2D eigenvalue weighted by Crippen LogP contribution is -1.89. The van der Waals surface area contributed by atoms with E-state index in [0.717, 1.165) is 5.56 Å². The summed E-state index contributed by atoms with van der Waals surface area (Å²) in [5.74, 6) is 0. The van der Waals surface area contributed by atoms with Gasteiger partial charge in [0.15, 0.2) is 0 Å². The first-order chi connectivity index (χ1) is 10.3. The minimum absolute atomic E-state index is 0.687. The predicted molar refractivity (Wildman–Crippen MR) is 90.7 cm³/mol. The highest BCUT2D eigenvalue weighted by Gasteiger charge is 1.88. The third-order valence-corrected chi connectivity index (χ3v) is 2.53. The summed E-state index contributed by atoms with van der Waals surface area (Å²) in [6, 6.07) is 19.8. The molecule has 106 valence electrons. The molecule has 2 rings (SSSR count). The summed E-state index contributed by atoms with van der Waals surface area (Å²) in [5.41, 5.74) is 2.96. The summed E-state index contributed by atoms with van der Waals surface area (Å²) in [5, 5.41) is 11.4. The minimum Gasteiger partial charge on any atom is -0.323 e. The molecule has 0 aliphatic rings. The summed E-state index contributed by atoms with van der Waals surface area (Å²) in [6.07, 6.45) is 8.07. The Morgan fingerprint density at radius 3 is 1.76 bits per heavy atom. The molecule has 0 spiro atoms. The van der Waals surface area contributed by atoms with Gasteiger partial charge in [-0.1, -0.05) is 66.8 Å². The Bertz CT molecular complexity index is 602. The maximum absolute atomic E-state index is 8.69. The Hall–Kier alpha value is -2.63. The van der Waals surface area contributed by atoms with Gasteiger partial charge in [-0.3, -0.25) is 0 Å². The van der Waals surface area contributed by atoms with Crippen molar-refractivity contribution in [3.05, 3.63) is 83.4 Å². The molecule has 0 unspecified atom stereocenters. The van der Waals surface area contributed by atoms with Crippen LogP contribution in [0.25, 0.3) is 12.2 Å². The van der Waals surface area contributed by atoms with E-state index in [4.69, 9.17) is 5.26 Å². The van der Waals surface area contributed by atoms with Crippen LogP contribution in [-0.4, -0.2) is 14.1 Å². The molecule has 1 N–H and O–H groups in total. The van der Waals surface area contributed by atoms with Crippen molar-refractivity contribution in [3.8, 4) is 6.07 Å². The molecule has 0 heterocycles. The lowest BCUT2D eigenvalue weighted by molar-refractivity contribution is 1.02. The number of nitriles is 1. The van der Waals surface area contributed by atoms with Crippen LogP contribution < -0.4 is 5.32 Å². The molecule has 0 fully saturated rings. The second-order valence-corrected chi connectivity index (χ2v) is 4.36. The van der Waals surface area contributed by atoms with Gasteiger partial charge in [-0.15, -0.1) is 0 Å². The summed E-state index contributed by atoms with van der Waals surface area (Å²) in [4.78, 5) is 0. The SMILES string of the molecule is CNC.N#Cc1ccc(C=CC=Cc2ccccc2)cc1. The molecular weight excluding hydrogens is 256 g/mol. The third-order valence-electron chi connectivity index (χ3n) is 2.53. The fourth-order valence-corrected chi connectivity index (χ4v) is 1.57. The van der Waals surface area contributed by atoms with Gasteiger partial charge in [-0.2, -0.15) is 5.26 Å². The van der Waals surface area contributed by atoms with E-state index in [-0.39, 0.29) is 0 Å². The fourth-order valence-electron chi connectivity index (χ4n) is 1.57. The predicted octanol–water partition coefficient (Wildman–Crippen LogP) is 4.12. The van der Waals surface area contributed by atoms with E-state index >= 15 is 0 Å². The first kappa shape index (κ1) is 16.4. The number of hydrogen-bond donors (Lipinski definition) is 1. The molecule has 2 aromatic carbocycles. The Morgan fingerprint density at radius 2 is 1.29 bits per heavy atom. The van der Waals surface area contributed by atoms with Crippen LogP contribution in [0, 0.1) is 11.3 Å². The monoisotopic (exact) mass is 276 g/mol. The van der Waals surface area contributed by atoms with Crippen LogP contribution in [0.3, 0.4) is 0 Å². The molecule has 2 heteroatoms. The molecule has 0 atom stereocenters. The van der Waals surface area contributed by atoms with E-state index in [0.29, 0.717) is 5.56 Å². The van der Waals surface area contributed by atoms with Gasteiger partial charge in [-0.05, 0) is 37.4 Å². The van der Waals surface area contributed by atoms with Crippen molar-refractivity contribution in [1.29, 1.82) is 5.26 Å². The Kier molecular flexibility index (Phi) is 7.97. The van der Waals surface area contributed by atoms with Gasteiger partial charge >= 0.3 is 0 Å². The Balaban J connectivity index is 0.000000677. The summed E-state index contributed by atoms with van der Waals surface area (Å²) < 4.78 is 0. The maximum atomic E-state index is 8.69. The molecule has 21 heavy (non-hydrogen) atoms. The zero-order chi connectivity index (χ0) is 15.3. The van der Waals surface area contributed by atoms with Gasteiger partial charge in [0, 0.05) is 0 Å². The van der Waals surface area contributed by atoms with E-state index in [1.165, 1.54) is 5.56 Å². The average Bonchev–Trinajstić information content (AvgIpc) is 2.54. The van der Waals surface area contributed by atoms with Gasteiger partial charge in [0.25, 0.3) is 0 Å². The van der Waals surface area contributed by atoms with Crippen molar-refractivity contribution in [2.75, 3.05) is 14.1 Å². The van der Waals surface area contributed by atoms with Gasteiger partial charge < -0.3 is 5.32 Å². The van der Waals surface area contributed by atoms with Crippen LogP contribution in [0.2, 0.25) is 0 Å². The van der Waals surface area contributed by atoms with Crippen LogP contribution in [0.15, 0.2) is 66.7 Å². The average molecular weight is 276 g/mol. The molecule has 0 aromatic heterocycles. The maximum Gasteiger partial charge on any atom is 0.0991 e. The second-order valence-electron chi connectivity index (χ2n) is 4.36. The van der Waals surface area contributed by atoms with Crippen LogP contribution in [0.1, 0.15) is 16.7 Å². The zero-order valence-corrected chi connectivity index (χ0v) is 12.5. The zero-order valence-electron chi connectivity index (χ0n) is 12.5. The Labute approximate surface area is 127 Å². The number of nitrogens with one attached hydrogen (secondary N) is 1. The molecule has 0 saturated carbocycles. The molecule has 0 saturated heterocycles. The quantitative estimate of drug-likeness (QED) is 0.856. The van der Waals surface area contributed by atoms with Crippen molar-refractivity contribution >= 4 is 12.2 Å². The number of benzene rings is 2. The van der Waals surface area contributed by atoms with Gasteiger partial charge in [-0.25, -0.2) is 0 Å². The smallest absolute Gasteiger partial charge is 0.0991 e. The van der Waals surface area contributed by atoms with Crippen molar-refractivity contribution in [2.45, 2.75) is 0 Å². The van der Waals surface area contributed by atoms with Crippen molar-refractivity contribution in [2.24, 2.45) is 0 Å². The van der Waals surface area contributed by atoms with Gasteiger partial charge in [0.2, 0.25) is 0 Å². The summed E-state index contributed by atoms with van der Waals surface area (Å²) >= 11 is 0. The Morgan fingerprint density at radius 1 is 0.810 bits per heavy atom. The standard InChI is InChI=1S/C17H13N.C2H7N/c18-14-17-12-10-16(11-13-17)9-5-4-8-15-6-2-1-3-7-15;1-3-2/h1-13H;3H,1-2H3.